The average Bonchev–Trinajstić information content (AvgIpc) is 3.32. The molecule has 2 heterocycles. The van der Waals surface area contributed by atoms with Gasteiger partial charge in [0.1, 0.15) is 17.6 Å². The summed E-state index contributed by atoms with van der Waals surface area (Å²) in [5, 5.41) is 7.87. The van der Waals surface area contributed by atoms with Crippen molar-refractivity contribution in [3.05, 3.63) is 35.8 Å². The molecule has 11 heteroatoms. The highest BCUT2D eigenvalue weighted by molar-refractivity contribution is 6.05. The quantitative estimate of drug-likeness (QED) is 0.262. The van der Waals surface area contributed by atoms with Gasteiger partial charge in [-0.1, -0.05) is 0 Å². The van der Waals surface area contributed by atoms with E-state index >= 15 is 4.39 Å². The number of halogens is 1. The van der Waals surface area contributed by atoms with Gasteiger partial charge in [0.15, 0.2) is 17.5 Å². The number of hydrazine groups is 1. The number of nitrogens with two attached hydrogens (primary N) is 1. The number of benzene rings is 1. The van der Waals surface area contributed by atoms with Crippen LogP contribution >= 0.6 is 0 Å². The molecule has 1 aliphatic heterocycles. The number of carbonyl (C=O) groups is 2. The van der Waals surface area contributed by atoms with Gasteiger partial charge in [0.25, 0.3) is 5.91 Å². The minimum atomic E-state index is -0.602. The van der Waals surface area contributed by atoms with Crippen LogP contribution in [0, 0.1) is 11.7 Å². The number of oxazole rings is 1. The molecule has 1 unspecified atom stereocenters. The molecule has 2 fully saturated rings. The third kappa shape index (κ3) is 5.09. The first-order valence-corrected chi connectivity index (χ1v) is 10.7. The standard InChI is InChI=1S/C21H26FN5O4.CH4O/c1-25(23)21(29)15-10-16(22)19(20(30-2)18(15)27(12-28)14-3-4-14)26-7-5-13(11-26)9-17-24-6-8-31-17;1-2/h6,8,10,12-14H,3-5,7,9,11,23H2,1-2H3;2H,1H3. The van der Waals surface area contributed by atoms with E-state index in [-0.39, 0.29) is 34.6 Å². The Morgan fingerprint density at radius 3 is 2.70 bits per heavy atom. The predicted molar refractivity (Wildman–Crippen MR) is 119 cm³/mol. The molecule has 1 aromatic heterocycles. The molecule has 1 saturated carbocycles. The van der Waals surface area contributed by atoms with Crippen LogP contribution in [0.1, 0.15) is 35.5 Å². The number of amides is 2. The smallest absolute Gasteiger partial charge is 0.269 e. The summed E-state index contributed by atoms with van der Waals surface area (Å²) in [5.41, 5.74) is 0.503. The number of rotatable bonds is 8. The number of aromatic nitrogens is 1. The minimum Gasteiger partial charge on any atom is -0.492 e. The molecule has 33 heavy (non-hydrogen) atoms. The summed E-state index contributed by atoms with van der Waals surface area (Å²) >= 11 is 0. The molecule has 2 amide bonds. The molecule has 1 atom stereocenters. The average molecular weight is 464 g/mol. The van der Waals surface area contributed by atoms with Crippen LogP contribution in [0.25, 0.3) is 0 Å². The van der Waals surface area contributed by atoms with Crippen LogP contribution in [-0.4, -0.2) is 67.8 Å². The van der Waals surface area contributed by atoms with Crippen LogP contribution in [0.3, 0.4) is 0 Å². The van der Waals surface area contributed by atoms with Crippen molar-refractivity contribution in [2.45, 2.75) is 31.7 Å². The molecule has 10 nitrogen and oxygen atoms in total. The fourth-order valence-electron chi connectivity index (χ4n) is 4.18. The lowest BCUT2D eigenvalue weighted by Gasteiger charge is -2.29. The van der Waals surface area contributed by atoms with E-state index in [1.807, 2.05) is 4.90 Å². The highest BCUT2D eigenvalue weighted by atomic mass is 19.1. The van der Waals surface area contributed by atoms with Crippen molar-refractivity contribution >= 4 is 23.7 Å². The van der Waals surface area contributed by atoms with Gasteiger partial charge in [-0.3, -0.25) is 14.6 Å². The molecular formula is C22H30FN5O5. The number of carbonyl (C=O) groups excluding carboxylic acids is 2. The summed E-state index contributed by atoms with van der Waals surface area (Å²) in [5.74, 6) is 5.49. The summed E-state index contributed by atoms with van der Waals surface area (Å²) < 4.78 is 26.3. The molecule has 1 aliphatic carbocycles. The number of anilines is 2. The molecule has 2 aliphatic rings. The van der Waals surface area contributed by atoms with Crippen molar-refractivity contribution < 1.29 is 28.2 Å². The van der Waals surface area contributed by atoms with E-state index in [4.69, 9.17) is 20.1 Å². The fraction of sp³-hybridized carbons (Fsp3) is 0.500. The zero-order valence-electron chi connectivity index (χ0n) is 19.0. The first-order valence-electron chi connectivity index (χ1n) is 10.7. The van der Waals surface area contributed by atoms with Crippen molar-refractivity contribution in [1.29, 1.82) is 0 Å². The number of hydrogen-bond acceptors (Lipinski definition) is 8. The largest absolute Gasteiger partial charge is 0.492 e. The van der Waals surface area contributed by atoms with Crippen LogP contribution in [-0.2, 0) is 11.2 Å². The van der Waals surface area contributed by atoms with E-state index in [1.54, 1.807) is 6.20 Å². The van der Waals surface area contributed by atoms with Crippen LogP contribution in [0.4, 0.5) is 15.8 Å². The van der Waals surface area contributed by atoms with E-state index in [0.717, 1.165) is 37.4 Å². The number of nitrogens with zero attached hydrogens (tertiary/aromatic N) is 4. The molecule has 2 aromatic rings. The van der Waals surface area contributed by atoms with E-state index < -0.39 is 11.7 Å². The molecule has 3 N–H and O–H groups in total. The lowest BCUT2D eigenvalue weighted by molar-refractivity contribution is -0.107. The highest BCUT2D eigenvalue weighted by Crippen LogP contribution is 2.47. The van der Waals surface area contributed by atoms with Crippen molar-refractivity contribution in [2.75, 3.05) is 44.2 Å². The van der Waals surface area contributed by atoms with Crippen molar-refractivity contribution in [2.24, 2.45) is 11.8 Å². The summed E-state index contributed by atoms with van der Waals surface area (Å²) in [7, 11) is 3.79. The van der Waals surface area contributed by atoms with Crippen LogP contribution in [0.2, 0.25) is 0 Å². The van der Waals surface area contributed by atoms with E-state index in [9.17, 15) is 9.59 Å². The number of methoxy groups -OCH3 is 1. The third-order valence-electron chi connectivity index (χ3n) is 5.80. The highest BCUT2D eigenvalue weighted by Gasteiger charge is 2.38. The van der Waals surface area contributed by atoms with Gasteiger partial charge in [-0.05, 0) is 31.2 Å². The van der Waals surface area contributed by atoms with E-state index in [1.165, 1.54) is 25.3 Å². The van der Waals surface area contributed by atoms with Gasteiger partial charge in [0.2, 0.25) is 6.41 Å². The monoisotopic (exact) mass is 463 g/mol. The topological polar surface area (TPSA) is 125 Å². The first-order chi connectivity index (χ1) is 15.9. The van der Waals surface area contributed by atoms with Crippen LogP contribution < -0.4 is 20.4 Å². The maximum absolute atomic E-state index is 15.4. The Morgan fingerprint density at radius 1 is 1.42 bits per heavy atom. The Bertz CT molecular complexity index is 965. The SMILES string of the molecule is CO.COc1c(N2CCC(Cc3ncco3)C2)c(F)cc(C(=O)N(C)N)c1N(C=O)C1CC1. The maximum atomic E-state index is 15.4. The lowest BCUT2D eigenvalue weighted by Crippen LogP contribution is -2.36. The van der Waals surface area contributed by atoms with Gasteiger partial charge < -0.3 is 24.1 Å². The summed E-state index contributed by atoms with van der Waals surface area (Å²) in [6.07, 6.45) is 6.90. The molecule has 1 aromatic carbocycles. The van der Waals surface area contributed by atoms with E-state index in [2.05, 4.69) is 4.98 Å². The molecule has 0 bridgehead atoms. The fourth-order valence-corrected chi connectivity index (χ4v) is 4.18. The maximum Gasteiger partial charge on any atom is 0.269 e. The van der Waals surface area contributed by atoms with Crippen molar-refractivity contribution in [3.8, 4) is 5.75 Å². The van der Waals surface area contributed by atoms with Crippen LogP contribution in [0.15, 0.2) is 22.9 Å². The van der Waals surface area contributed by atoms with E-state index in [0.29, 0.717) is 31.8 Å². The molecular weight excluding hydrogens is 433 g/mol. The van der Waals surface area contributed by atoms with Gasteiger partial charge in [-0.25, -0.2) is 15.2 Å². The Kier molecular flexibility index (Phi) is 7.88. The summed E-state index contributed by atoms with van der Waals surface area (Å²) in [4.78, 5) is 32.2. The van der Waals surface area contributed by atoms with Crippen molar-refractivity contribution in [1.82, 2.24) is 9.99 Å². The Balaban J connectivity index is 0.00000149. The van der Waals surface area contributed by atoms with Gasteiger partial charge in [0, 0.05) is 39.7 Å². The van der Waals surface area contributed by atoms with Gasteiger partial charge >= 0.3 is 0 Å². The van der Waals surface area contributed by atoms with Gasteiger partial charge in [0.05, 0.1) is 18.9 Å². The molecule has 1 saturated heterocycles. The number of aliphatic hydroxyl groups excluding tert-OH is 1. The Morgan fingerprint density at radius 2 is 2.15 bits per heavy atom. The number of ether oxygens (including phenoxy) is 1. The Labute approximate surface area is 191 Å². The summed E-state index contributed by atoms with van der Waals surface area (Å²) in [6, 6.07) is 1.11. The second kappa shape index (κ2) is 10.6. The van der Waals surface area contributed by atoms with Gasteiger partial charge in [-0.15, -0.1) is 0 Å². The lowest BCUT2D eigenvalue weighted by atomic mass is 10.0. The first kappa shape index (κ1) is 24.5. The molecule has 0 radical (unpaired) electrons. The number of hydrogen-bond donors (Lipinski definition) is 2. The second-order valence-corrected chi connectivity index (χ2v) is 8.03. The minimum absolute atomic E-state index is 0.00219. The van der Waals surface area contributed by atoms with Crippen LogP contribution in [0.5, 0.6) is 5.75 Å². The summed E-state index contributed by atoms with van der Waals surface area (Å²) in [6.45, 7) is 1.18. The Hall–Kier alpha value is -3.18. The molecule has 0 spiro atoms. The number of aliphatic hydroxyl groups is 1. The third-order valence-corrected chi connectivity index (χ3v) is 5.80. The molecule has 180 valence electrons. The van der Waals surface area contributed by atoms with Gasteiger partial charge in [-0.2, -0.15) is 0 Å². The van der Waals surface area contributed by atoms with Crippen molar-refractivity contribution in [3.63, 3.8) is 0 Å². The second-order valence-electron chi connectivity index (χ2n) is 8.03. The zero-order valence-corrected chi connectivity index (χ0v) is 19.0. The normalized spacial score (nSPS) is 17.3. The zero-order chi connectivity index (χ0) is 24.1. The predicted octanol–water partition coefficient (Wildman–Crippen LogP) is 1.57. The molecule has 4 rings (SSSR count).